The summed E-state index contributed by atoms with van der Waals surface area (Å²) in [4.78, 5) is 26.5. The molecule has 174 valence electrons. The van der Waals surface area contributed by atoms with Crippen molar-refractivity contribution in [3.05, 3.63) is 46.1 Å². The molecule has 0 spiro atoms. The summed E-state index contributed by atoms with van der Waals surface area (Å²) in [6, 6.07) is 7.89. The Morgan fingerprint density at radius 2 is 1.64 bits per heavy atom. The smallest absolute Gasteiger partial charge is 0.163 e. The van der Waals surface area contributed by atoms with Crippen molar-refractivity contribution in [2.24, 2.45) is 0 Å². The van der Waals surface area contributed by atoms with Crippen LogP contribution in [0.2, 0.25) is 10.0 Å². The molecule has 33 heavy (non-hydrogen) atoms. The van der Waals surface area contributed by atoms with Crippen molar-refractivity contribution >= 4 is 45.7 Å². The third-order valence-electron chi connectivity index (χ3n) is 6.68. The lowest BCUT2D eigenvalue weighted by atomic mass is 9.89. The molecule has 6 nitrogen and oxygen atoms in total. The molecule has 1 N–H and O–H groups in total. The number of ketones is 1. The first-order valence-corrected chi connectivity index (χ1v) is 11.8. The monoisotopic (exact) mass is 486 g/mol. The number of fused-ring (bicyclic) bond motifs is 1. The Labute approximate surface area is 204 Å². The average Bonchev–Trinajstić information content (AvgIpc) is 2.80. The van der Waals surface area contributed by atoms with Gasteiger partial charge in [-0.2, -0.15) is 0 Å². The number of halogens is 2. The van der Waals surface area contributed by atoms with E-state index in [4.69, 9.17) is 28.2 Å². The van der Waals surface area contributed by atoms with Crippen LogP contribution in [-0.4, -0.2) is 59.0 Å². The summed E-state index contributed by atoms with van der Waals surface area (Å²) >= 11 is 12.3. The summed E-state index contributed by atoms with van der Waals surface area (Å²) in [5.41, 5.74) is 4.06. The van der Waals surface area contributed by atoms with Crippen molar-refractivity contribution in [1.29, 1.82) is 0 Å². The van der Waals surface area contributed by atoms with E-state index in [9.17, 15) is 9.90 Å². The van der Waals surface area contributed by atoms with Gasteiger partial charge in [0.15, 0.2) is 11.5 Å². The summed E-state index contributed by atoms with van der Waals surface area (Å²) in [5, 5.41) is 10.2. The highest BCUT2D eigenvalue weighted by atomic mass is 35.5. The average molecular weight is 487 g/mol. The van der Waals surface area contributed by atoms with Gasteiger partial charge >= 0.3 is 0 Å². The van der Waals surface area contributed by atoms with E-state index in [1.165, 1.54) is 0 Å². The molecule has 0 amide bonds. The minimum atomic E-state index is -0.155. The predicted molar refractivity (Wildman–Crippen MR) is 135 cm³/mol. The number of pyridine rings is 2. The number of rotatable bonds is 5. The first-order valence-electron chi connectivity index (χ1n) is 11.1. The highest BCUT2D eigenvalue weighted by molar-refractivity contribution is 6.37. The maximum Gasteiger partial charge on any atom is 0.163 e. The zero-order valence-corrected chi connectivity index (χ0v) is 20.8. The number of anilines is 1. The van der Waals surface area contributed by atoms with Gasteiger partial charge in [0, 0.05) is 30.9 Å². The first kappa shape index (κ1) is 23.7. The third-order valence-corrected chi connectivity index (χ3v) is 7.25. The van der Waals surface area contributed by atoms with Crippen molar-refractivity contribution in [3.63, 3.8) is 0 Å². The van der Waals surface area contributed by atoms with Gasteiger partial charge in [-0.25, -0.2) is 4.98 Å². The van der Waals surface area contributed by atoms with Crippen molar-refractivity contribution in [1.82, 2.24) is 14.9 Å². The fourth-order valence-electron chi connectivity index (χ4n) is 4.69. The summed E-state index contributed by atoms with van der Waals surface area (Å²) in [6.45, 7) is 1.56. The number of carbonyl (C=O) groups excluding carboxylic acids is 1. The van der Waals surface area contributed by atoms with E-state index in [1.54, 1.807) is 25.3 Å². The molecular weight excluding hydrogens is 459 g/mol. The van der Waals surface area contributed by atoms with E-state index >= 15 is 0 Å². The van der Waals surface area contributed by atoms with Gasteiger partial charge in [0.1, 0.15) is 5.52 Å². The largest absolute Gasteiger partial charge is 0.505 e. The highest BCUT2D eigenvalue weighted by Crippen LogP contribution is 2.38. The summed E-state index contributed by atoms with van der Waals surface area (Å²) in [6.07, 6.45) is 5.97. The minimum Gasteiger partial charge on any atom is -0.505 e. The number of Topliss-reactive ketones (excluding diaryl/α,β-unsaturated/α-hetero) is 1. The van der Waals surface area contributed by atoms with E-state index in [1.807, 2.05) is 19.2 Å². The van der Waals surface area contributed by atoms with Crippen molar-refractivity contribution in [2.75, 3.05) is 26.0 Å². The molecule has 2 heterocycles. The second kappa shape index (κ2) is 9.45. The molecule has 0 radical (unpaired) electrons. The Morgan fingerprint density at radius 3 is 2.21 bits per heavy atom. The summed E-state index contributed by atoms with van der Waals surface area (Å²) in [5.74, 6) is -0.201. The van der Waals surface area contributed by atoms with Gasteiger partial charge in [-0.3, -0.25) is 9.78 Å². The van der Waals surface area contributed by atoms with Crippen LogP contribution in [0.15, 0.2) is 30.5 Å². The fraction of sp³-hybridized carbons (Fsp3) is 0.400. The maximum absolute atomic E-state index is 12.6. The molecule has 8 heteroatoms. The van der Waals surface area contributed by atoms with Crippen molar-refractivity contribution in [2.45, 2.75) is 44.7 Å². The molecule has 1 fully saturated rings. The van der Waals surface area contributed by atoms with E-state index in [0.29, 0.717) is 39.9 Å². The normalized spacial score (nSPS) is 18.6. The van der Waals surface area contributed by atoms with Crippen LogP contribution in [0.1, 0.15) is 43.0 Å². The Balaban J connectivity index is 1.81. The van der Waals surface area contributed by atoms with Crippen molar-refractivity contribution < 1.29 is 9.90 Å². The summed E-state index contributed by atoms with van der Waals surface area (Å²) in [7, 11) is 6.31. The minimum absolute atomic E-state index is 0.0452. The van der Waals surface area contributed by atoms with Gasteiger partial charge in [0.05, 0.1) is 32.5 Å². The molecule has 0 unspecified atom stereocenters. The van der Waals surface area contributed by atoms with E-state index < -0.39 is 0 Å². The highest BCUT2D eigenvalue weighted by Gasteiger charge is 2.28. The van der Waals surface area contributed by atoms with E-state index in [-0.39, 0.29) is 21.6 Å². The van der Waals surface area contributed by atoms with Crippen LogP contribution in [-0.2, 0) is 0 Å². The van der Waals surface area contributed by atoms with Crippen LogP contribution >= 0.6 is 23.2 Å². The Kier molecular flexibility index (Phi) is 6.80. The van der Waals surface area contributed by atoms with Crippen LogP contribution in [0.4, 0.5) is 5.69 Å². The Bertz CT molecular complexity index is 1180. The maximum atomic E-state index is 12.6. The number of hydrogen-bond donors (Lipinski definition) is 1. The van der Waals surface area contributed by atoms with Crippen LogP contribution < -0.4 is 4.90 Å². The van der Waals surface area contributed by atoms with E-state index in [2.05, 4.69) is 28.9 Å². The quantitative estimate of drug-likeness (QED) is 0.458. The number of aromatic nitrogens is 2. The summed E-state index contributed by atoms with van der Waals surface area (Å²) < 4.78 is 0. The number of phenolic OH excluding ortho intramolecular Hbond substituents is 1. The number of aromatic hydroxyl groups is 1. The lowest BCUT2D eigenvalue weighted by Crippen LogP contribution is -2.41. The first-order chi connectivity index (χ1) is 15.7. The molecule has 0 saturated heterocycles. The molecule has 1 aliphatic carbocycles. The third kappa shape index (κ3) is 4.65. The van der Waals surface area contributed by atoms with Gasteiger partial charge < -0.3 is 14.9 Å². The second-order valence-electron chi connectivity index (χ2n) is 8.97. The number of carbonyl (C=O) groups is 1. The standard InChI is InChI=1S/C25H28Cl2N4O2/c1-14(32)18-13-28-22-10-9-21(15-11-19(26)25(33)20(27)12-15)29-23(22)24(18)31(4)17-7-5-16(6-8-17)30(2)3/h9-13,16-17,33H,5-8H2,1-4H3. The topological polar surface area (TPSA) is 69.6 Å². The van der Waals surface area contributed by atoms with Gasteiger partial charge in [0.2, 0.25) is 0 Å². The molecule has 4 rings (SSSR count). The zero-order valence-electron chi connectivity index (χ0n) is 19.3. The van der Waals surface area contributed by atoms with Gasteiger partial charge in [-0.15, -0.1) is 0 Å². The molecule has 1 aromatic carbocycles. The fourth-order valence-corrected chi connectivity index (χ4v) is 5.17. The SMILES string of the molecule is CC(=O)c1cnc2ccc(-c3cc(Cl)c(O)c(Cl)c3)nc2c1N(C)C1CCC(N(C)C)CC1. The molecule has 2 aromatic heterocycles. The van der Waals surface area contributed by atoms with Gasteiger partial charge in [-0.05, 0) is 71.0 Å². The lowest BCUT2D eigenvalue weighted by molar-refractivity contribution is 0.101. The number of phenols is 1. The number of benzene rings is 1. The van der Waals surface area contributed by atoms with Gasteiger partial charge in [0.25, 0.3) is 0 Å². The molecule has 0 atom stereocenters. The molecule has 0 bridgehead atoms. The molecule has 1 saturated carbocycles. The second-order valence-corrected chi connectivity index (χ2v) is 9.78. The molecule has 0 aliphatic heterocycles. The van der Waals surface area contributed by atoms with Crippen LogP contribution in [0.3, 0.4) is 0 Å². The lowest BCUT2D eigenvalue weighted by Gasteiger charge is -2.38. The van der Waals surface area contributed by atoms with Crippen LogP contribution in [0.25, 0.3) is 22.3 Å². The number of hydrogen-bond acceptors (Lipinski definition) is 6. The van der Waals surface area contributed by atoms with Crippen molar-refractivity contribution in [3.8, 4) is 17.0 Å². The molecule has 1 aliphatic rings. The molecular formula is C25H28Cl2N4O2. The van der Waals surface area contributed by atoms with Gasteiger partial charge in [-0.1, -0.05) is 23.2 Å². The Morgan fingerprint density at radius 1 is 1.03 bits per heavy atom. The van der Waals surface area contributed by atoms with Crippen LogP contribution in [0.5, 0.6) is 5.75 Å². The molecule has 3 aromatic rings. The van der Waals surface area contributed by atoms with E-state index in [0.717, 1.165) is 31.4 Å². The van der Waals surface area contributed by atoms with Crippen LogP contribution in [0, 0.1) is 0 Å². The zero-order chi connectivity index (χ0) is 23.9. The number of nitrogens with zero attached hydrogens (tertiary/aromatic N) is 4. The Hall–Kier alpha value is -2.41. The predicted octanol–water partition coefficient (Wildman–Crippen LogP) is 5.82.